The molecule has 4 nitrogen and oxygen atoms in total. The molecule has 0 aliphatic rings. The number of aromatic nitrogens is 1. The molecule has 0 amide bonds. The minimum absolute atomic E-state index is 0.0144. The number of ether oxygens (including phenoxy) is 1. The van der Waals surface area contributed by atoms with Gasteiger partial charge >= 0.3 is 0 Å². The molecule has 0 spiro atoms. The first-order chi connectivity index (χ1) is 9.52. The van der Waals surface area contributed by atoms with Gasteiger partial charge < -0.3 is 9.30 Å². The van der Waals surface area contributed by atoms with Crippen molar-refractivity contribution in [2.24, 2.45) is 0 Å². The number of pyridine rings is 1. The van der Waals surface area contributed by atoms with Gasteiger partial charge in [0, 0.05) is 16.2 Å². The molecule has 0 fully saturated rings. The summed E-state index contributed by atoms with van der Waals surface area (Å²) in [6, 6.07) is 8.71. The van der Waals surface area contributed by atoms with Gasteiger partial charge in [0.05, 0.1) is 19.2 Å². The Morgan fingerprint density at radius 1 is 1.35 bits per heavy atom. The number of hydrogen-bond acceptors (Lipinski definition) is 3. The van der Waals surface area contributed by atoms with Crippen molar-refractivity contribution in [2.75, 3.05) is 7.11 Å². The van der Waals surface area contributed by atoms with E-state index in [0.717, 1.165) is 4.47 Å². The number of hydrogen-bond donors (Lipinski definition) is 0. The van der Waals surface area contributed by atoms with Crippen LogP contribution in [-0.4, -0.2) is 17.5 Å². The first-order valence-electron chi connectivity index (χ1n) is 6.05. The first-order valence-corrected chi connectivity index (χ1v) is 6.85. The number of benzene rings is 1. The second-order valence-corrected chi connectivity index (χ2v) is 5.31. The van der Waals surface area contributed by atoms with Gasteiger partial charge in [0.25, 0.3) is 5.56 Å². The van der Waals surface area contributed by atoms with E-state index in [1.807, 2.05) is 0 Å². The quantitative estimate of drug-likeness (QED) is 0.807. The van der Waals surface area contributed by atoms with Crippen molar-refractivity contribution in [2.45, 2.75) is 13.5 Å². The average Bonchev–Trinajstić information content (AvgIpc) is 2.44. The lowest BCUT2D eigenvalue weighted by atomic mass is 10.1. The molecule has 0 bridgehead atoms. The van der Waals surface area contributed by atoms with Crippen LogP contribution >= 0.6 is 15.9 Å². The summed E-state index contributed by atoms with van der Waals surface area (Å²) in [5, 5.41) is 0. The Hall–Kier alpha value is -1.88. The molecule has 0 saturated carbocycles. The lowest BCUT2D eigenvalue weighted by Gasteiger charge is -2.09. The number of aryl methyl sites for hydroxylation is 1. The molecule has 104 valence electrons. The predicted molar refractivity (Wildman–Crippen MR) is 80.5 cm³/mol. The minimum Gasteiger partial charge on any atom is -0.496 e. The highest BCUT2D eigenvalue weighted by Crippen LogP contribution is 2.18. The Balaban J connectivity index is 2.35. The summed E-state index contributed by atoms with van der Waals surface area (Å²) in [4.78, 5) is 24.3. The number of ketones is 1. The fourth-order valence-electron chi connectivity index (χ4n) is 1.97. The van der Waals surface area contributed by atoms with Gasteiger partial charge in [-0.2, -0.15) is 0 Å². The zero-order valence-corrected chi connectivity index (χ0v) is 12.8. The van der Waals surface area contributed by atoms with E-state index in [1.54, 1.807) is 43.5 Å². The van der Waals surface area contributed by atoms with E-state index in [4.69, 9.17) is 4.74 Å². The smallest absolute Gasteiger partial charge is 0.253 e. The lowest BCUT2D eigenvalue weighted by molar-refractivity contribution is 0.0968. The second kappa shape index (κ2) is 6.05. The summed E-state index contributed by atoms with van der Waals surface area (Å²) in [6.07, 6.45) is 1.61. The van der Waals surface area contributed by atoms with E-state index in [-0.39, 0.29) is 17.9 Å². The van der Waals surface area contributed by atoms with Crippen LogP contribution in [0.5, 0.6) is 5.75 Å². The molecule has 1 aromatic heterocycles. The third kappa shape index (κ3) is 2.99. The summed E-state index contributed by atoms with van der Waals surface area (Å²) >= 11 is 3.33. The Labute approximate surface area is 125 Å². The third-order valence-electron chi connectivity index (χ3n) is 2.95. The van der Waals surface area contributed by atoms with Gasteiger partial charge in [-0.05, 0) is 41.1 Å². The van der Waals surface area contributed by atoms with E-state index in [1.165, 1.54) is 11.7 Å². The highest BCUT2D eigenvalue weighted by molar-refractivity contribution is 9.10. The van der Waals surface area contributed by atoms with Gasteiger partial charge in [-0.15, -0.1) is 0 Å². The van der Waals surface area contributed by atoms with Crippen LogP contribution in [0.1, 0.15) is 15.9 Å². The van der Waals surface area contributed by atoms with Crippen molar-refractivity contribution in [1.82, 2.24) is 4.57 Å². The van der Waals surface area contributed by atoms with Crippen molar-refractivity contribution >= 4 is 21.7 Å². The van der Waals surface area contributed by atoms with Crippen molar-refractivity contribution in [3.05, 3.63) is 62.5 Å². The number of para-hydroxylation sites is 1. The number of methoxy groups -OCH3 is 1. The Morgan fingerprint density at radius 3 is 2.75 bits per heavy atom. The summed E-state index contributed by atoms with van der Waals surface area (Å²) in [5.41, 5.74) is 0.892. The Morgan fingerprint density at radius 2 is 2.05 bits per heavy atom. The molecule has 1 aromatic carbocycles. The van der Waals surface area contributed by atoms with Crippen LogP contribution in [0.4, 0.5) is 0 Å². The van der Waals surface area contributed by atoms with Crippen LogP contribution in [0, 0.1) is 6.92 Å². The monoisotopic (exact) mass is 335 g/mol. The number of carbonyl (C=O) groups excluding carboxylic acids is 1. The van der Waals surface area contributed by atoms with Crippen molar-refractivity contribution in [1.29, 1.82) is 0 Å². The zero-order chi connectivity index (χ0) is 14.7. The van der Waals surface area contributed by atoms with Crippen LogP contribution < -0.4 is 10.3 Å². The molecule has 1 heterocycles. The van der Waals surface area contributed by atoms with Crippen molar-refractivity contribution in [3.63, 3.8) is 0 Å². The van der Waals surface area contributed by atoms with Gasteiger partial charge in [0.2, 0.25) is 0 Å². The fourth-order valence-corrected chi connectivity index (χ4v) is 2.56. The van der Waals surface area contributed by atoms with Crippen LogP contribution in [0.25, 0.3) is 0 Å². The number of carbonyl (C=O) groups is 1. The number of nitrogens with zero attached hydrogens (tertiary/aromatic N) is 1. The molecule has 20 heavy (non-hydrogen) atoms. The highest BCUT2D eigenvalue weighted by atomic mass is 79.9. The number of rotatable bonds is 4. The molecule has 0 unspecified atom stereocenters. The normalized spacial score (nSPS) is 10.3. The maximum Gasteiger partial charge on any atom is 0.253 e. The standard InChI is InChI=1S/C15H14BrNO3/c1-10-7-11(16)8-17(15(10)19)9-13(18)12-5-3-4-6-14(12)20-2/h3-8H,9H2,1-2H3. The van der Waals surface area contributed by atoms with E-state index in [0.29, 0.717) is 16.9 Å². The van der Waals surface area contributed by atoms with Crippen molar-refractivity contribution < 1.29 is 9.53 Å². The summed E-state index contributed by atoms with van der Waals surface area (Å²) in [5.74, 6) is 0.347. The van der Waals surface area contributed by atoms with Crippen LogP contribution in [0.15, 0.2) is 45.8 Å². The molecule has 0 atom stereocenters. The minimum atomic E-state index is -0.170. The average molecular weight is 336 g/mol. The third-order valence-corrected chi connectivity index (χ3v) is 3.39. The fraction of sp³-hybridized carbons (Fsp3) is 0.200. The molecule has 0 saturated heterocycles. The molecule has 0 N–H and O–H groups in total. The second-order valence-electron chi connectivity index (χ2n) is 4.40. The van der Waals surface area contributed by atoms with Crippen LogP contribution in [-0.2, 0) is 6.54 Å². The molecule has 0 aliphatic carbocycles. The molecular weight excluding hydrogens is 322 g/mol. The molecule has 5 heteroatoms. The predicted octanol–water partition coefficient (Wildman–Crippen LogP) is 2.81. The van der Waals surface area contributed by atoms with Gasteiger partial charge in [-0.3, -0.25) is 9.59 Å². The molecule has 2 aromatic rings. The summed E-state index contributed by atoms with van der Waals surface area (Å²) in [7, 11) is 1.52. The zero-order valence-electron chi connectivity index (χ0n) is 11.2. The maximum absolute atomic E-state index is 12.3. The Bertz CT molecular complexity index is 707. The van der Waals surface area contributed by atoms with E-state index < -0.39 is 0 Å². The Kier molecular flexibility index (Phi) is 4.39. The SMILES string of the molecule is COc1ccccc1C(=O)Cn1cc(Br)cc(C)c1=O. The molecular formula is C15H14BrNO3. The van der Waals surface area contributed by atoms with E-state index in [2.05, 4.69) is 15.9 Å². The molecule has 0 radical (unpaired) electrons. The van der Waals surface area contributed by atoms with E-state index >= 15 is 0 Å². The summed E-state index contributed by atoms with van der Waals surface area (Å²) in [6.45, 7) is 1.71. The topological polar surface area (TPSA) is 48.3 Å². The maximum atomic E-state index is 12.3. The number of halogens is 1. The van der Waals surface area contributed by atoms with Gasteiger partial charge in [-0.1, -0.05) is 12.1 Å². The van der Waals surface area contributed by atoms with Gasteiger partial charge in [-0.25, -0.2) is 0 Å². The largest absolute Gasteiger partial charge is 0.496 e. The van der Waals surface area contributed by atoms with Gasteiger partial charge in [0.15, 0.2) is 5.78 Å². The molecule has 2 rings (SSSR count). The lowest BCUT2D eigenvalue weighted by Crippen LogP contribution is -2.25. The molecule has 0 aliphatic heterocycles. The van der Waals surface area contributed by atoms with E-state index in [9.17, 15) is 9.59 Å². The van der Waals surface area contributed by atoms with Gasteiger partial charge in [0.1, 0.15) is 5.75 Å². The van der Waals surface area contributed by atoms with Crippen LogP contribution in [0.3, 0.4) is 0 Å². The first kappa shape index (κ1) is 14.5. The van der Waals surface area contributed by atoms with Crippen molar-refractivity contribution in [3.8, 4) is 5.75 Å². The number of Topliss-reactive ketones (excluding diaryl/α,β-unsaturated/α-hetero) is 1. The van der Waals surface area contributed by atoms with Crippen LogP contribution in [0.2, 0.25) is 0 Å². The highest BCUT2D eigenvalue weighted by Gasteiger charge is 2.13. The summed E-state index contributed by atoms with van der Waals surface area (Å²) < 4.78 is 7.33.